The molecule has 0 radical (unpaired) electrons. The molecule has 0 saturated carbocycles. The molecule has 3 rings (SSSR count). The van der Waals surface area contributed by atoms with Gasteiger partial charge in [-0.1, -0.05) is 30.3 Å². The molecule has 28 heavy (non-hydrogen) atoms. The molecule has 2 aliphatic rings. The van der Waals surface area contributed by atoms with E-state index in [-0.39, 0.29) is 13.0 Å². The van der Waals surface area contributed by atoms with E-state index in [1.807, 2.05) is 0 Å². The highest BCUT2D eigenvalue weighted by atomic mass is 16.8. The molecule has 2 fully saturated rings. The third kappa shape index (κ3) is 3.22. The lowest BCUT2D eigenvalue weighted by molar-refractivity contribution is -0.279. The third-order valence-electron chi connectivity index (χ3n) is 4.53. The van der Waals surface area contributed by atoms with Gasteiger partial charge in [-0.15, -0.1) is 0 Å². The second-order valence-corrected chi connectivity index (χ2v) is 6.63. The first-order chi connectivity index (χ1) is 13.2. The maximum atomic E-state index is 13.0. The minimum atomic E-state index is -2.09. The smallest absolute Gasteiger partial charge is 0.358 e. The summed E-state index contributed by atoms with van der Waals surface area (Å²) in [6.07, 6.45) is -2.46. The van der Waals surface area contributed by atoms with Gasteiger partial charge in [-0.05, 0) is 5.56 Å². The first kappa shape index (κ1) is 19.8. The van der Waals surface area contributed by atoms with Crippen LogP contribution in [0, 0.1) is 0 Å². The molecule has 4 atom stereocenters. The van der Waals surface area contributed by atoms with E-state index in [1.165, 1.54) is 6.92 Å². The number of esters is 4. The number of rotatable bonds is 5. The second-order valence-electron chi connectivity index (χ2n) is 6.63. The monoisotopic (exact) mass is 392 g/mol. The number of carbonyl (C=O) groups is 4. The molecule has 2 heterocycles. The number of hydrogen-bond donors (Lipinski definition) is 0. The molecular formula is C19H20O9. The highest BCUT2D eigenvalue weighted by Gasteiger charge is 2.79. The van der Waals surface area contributed by atoms with Gasteiger partial charge in [0.25, 0.3) is 5.60 Å². The highest BCUT2D eigenvalue weighted by molar-refractivity contribution is 5.88. The molecular weight excluding hydrogens is 372 g/mol. The molecule has 1 aromatic carbocycles. The van der Waals surface area contributed by atoms with E-state index < -0.39 is 47.5 Å². The molecule has 9 heteroatoms. The number of carbonyl (C=O) groups excluding carboxylic acids is 4. The molecule has 2 saturated heterocycles. The Labute approximate surface area is 160 Å². The van der Waals surface area contributed by atoms with E-state index in [1.54, 1.807) is 30.3 Å². The highest BCUT2D eigenvalue weighted by Crippen LogP contribution is 2.50. The van der Waals surface area contributed by atoms with E-state index in [4.69, 9.17) is 23.7 Å². The van der Waals surface area contributed by atoms with Crippen molar-refractivity contribution >= 4 is 23.9 Å². The van der Waals surface area contributed by atoms with Gasteiger partial charge >= 0.3 is 29.7 Å². The average Bonchev–Trinajstić information content (AvgIpc) is 3.02. The molecule has 0 aromatic heterocycles. The van der Waals surface area contributed by atoms with Gasteiger partial charge in [-0.3, -0.25) is 14.4 Å². The molecule has 0 spiro atoms. The van der Waals surface area contributed by atoms with E-state index in [0.29, 0.717) is 5.56 Å². The van der Waals surface area contributed by atoms with Crippen molar-refractivity contribution in [1.82, 2.24) is 0 Å². The molecule has 0 amide bonds. The van der Waals surface area contributed by atoms with Crippen LogP contribution >= 0.6 is 0 Å². The topological polar surface area (TPSA) is 114 Å². The van der Waals surface area contributed by atoms with Crippen LogP contribution in [0.3, 0.4) is 0 Å². The number of fused-ring (bicyclic) bond motifs is 1. The number of benzene rings is 1. The van der Waals surface area contributed by atoms with E-state index >= 15 is 0 Å². The van der Waals surface area contributed by atoms with Crippen LogP contribution in [0.15, 0.2) is 30.3 Å². The van der Waals surface area contributed by atoms with E-state index in [2.05, 4.69) is 0 Å². The van der Waals surface area contributed by atoms with Crippen LogP contribution in [-0.4, -0.2) is 54.1 Å². The Kier molecular flexibility index (Phi) is 5.12. The Hall–Kier alpha value is -2.94. The lowest BCUT2D eigenvalue weighted by atomic mass is 9.84. The zero-order chi connectivity index (χ0) is 20.5. The normalized spacial score (nSPS) is 30.9. The van der Waals surface area contributed by atoms with Gasteiger partial charge in [0.1, 0.15) is 0 Å². The Balaban J connectivity index is 2.12. The lowest BCUT2D eigenvalue weighted by Crippen LogP contribution is -2.63. The Morgan fingerprint density at radius 3 is 2.25 bits per heavy atom. The number of hydrogen-bond acceptors (Lipinski definition) is 9. The summed E-state index contributed by atoms with van der Waals surface area (Å²) in [7, 11) is 0. The predicted molar refractivity (Wildman–Crippen MR) is 90.5 cm³/mol. The van der Waals surface area contributed by atoms with Crippen molar-refractivity contribution in [2.24, 2.45) is 0 Å². The van der Waals surface area contributed by atoms with Crippen molar-refractivity contribution < 1.29 is 42.9 Å². The predicted octanol–water partition coefficient (Wildman–Crippen LogP) is 0.678. The fourth-order valence-electron chi connectivity index (χ4n) is 3.64. The van der Waals surface area contributed by atoms with Crippen LogP contribution in [-0.2, 0) is 49.3 Å². The van der Waals surface area contributed by atoms with Gasteiger partial charge < -0.3 is 23.7 Å². The summed E-state index contributed by atoms with van der Waals surface area (Å²) in [5.41, 5.74) is -1.47. The van der Waals surface area contributed by atoms with Crippen LogP contribution in [0.1, 0.15) is 26.3 Å². The summed E-state index contributed by atoms with van der Waals surface area (Å²) < 4.78 is 27.1. The molecule has 150 valence electrons. The van der Waals surface area contributed by atoms with Crippen molar-refractivity contribution in [2.45, 2.75) is 50.8 Å². The van der Waals surface area contributed by atoms with Crippen molar-refractivity contribution in [1.29, 1.82) is 0 Å². The molecule has 0 bridgehead atoms. The average molecular weight is 392 g/mol. The Bertz CT molecular complexity index is 805. The summed E-state index contributed by atoms with van der Waals surface area (Å²) in [4.78, 5) is 48.2. The second kappa shape index (κ2) is 7.23. The van der Waals surface area contributed by atoms with Gasteiger partial charge in [0, 0.05) is 27.2 Å². The molecule has 0 aliphatic carbocycles. The van der Waals surface area contributed by atoms with Crippen LogP contribution < -0.4 is 0 Å². The third-order valence-corrected chi connectivity index (χ3v) is 4.53. The number of ether oxygens (including phenoxy) is 5. The van der Waals surface area contributed by atoms with Gasteiger partial charge in [0.2, 0.25) is 6.10 Å². The van der Waals surface area contributed by atoms with E-state index in [0.717, 1.165) is 13.8 Å². The Morgan fingerprint density at radius 2 is 1.68 bits per heavy atom. The van der Waals surface area contributed by atoms with Gasteiger partial charge in [0.05, 0.1) is 6.61 Å². The van der Waals surface area contributed by atoms with Gasteiger partial charge in [-0.2, -0.15) is 0 Å². The molecule has 9 nitrogen and oxygen atoms in total. The van der Waals surface area contributed by atoms with Gasteiger partial charge in [-0.25, -0.2) is 4.79 Å². The van der Waals surface area contributed by atoms with Crippen LogP contribution in [0.5, 0.6) is 0 Å². The summed E-state index contributed by atoms with van der Waals surface area (Å²) in [6, 6.07) is 8.69. The lowest BCUT2D eigenvalue weighted by Gasteiger charge is -2.38. The Morgan fingerprint density at radius 1 is 1.04 bits per heavy atom. The first-order valence-electron chi connectivity index (χ1n) is 8.65. The zero-order valence-electron chi connectivity index (χ0n) is 15.6. The van der Waals surface area contributed by atoms with Crippen LogP contribution in [0.4, 0.5) is 0 Å². The van der Waals surface area contributed by atoms with Crippen molar-refractivity contribution in [3.8, 4) is 0 Å². The maximum Gasteiger partial charge on any atom is 0.358 e. The van der Waals surface area contributed by atoms with Crippen LogP contribution in [0.25, 0.3) is 0 Å². The summed E-state index contributed by atoms with van der Waals surface area (Å²) in [5.74, 6) is -5.24. The molecule has 0 unspecified atom stereocenters. The fourth-order valence-corrected chi connectivity index (χ4v) is 3.64. The SMILES string of the molecule is CC(=O)O[C@H]1CO[C@@]2(OC(C)=O)[C@@H]1OC(=O)[C@]2(Cc1ccccc1)OC(C)=O. The summed E-state index contributed by atoms with van der Waals surface area (Å²) >= 11 is 0. The fraction of sp³-hybridized carbons (Fsp3) is 0.474. The van der Waals surface area contributed by atoms with Crippen molar-refractivity contribution in [3.05, 3.63) is 35.9 Å². The van der Waals surface area contributed by atoms with Gasteiger partial charge in [0.15, 0.2) is 6.10 Å². The zero-order valence-corrected chi connectivity index (χ0v) is 15.6. The first-order valence-corrected chi connectivity index (χ1v) is 8.65. The van der Waals surface area contributed by atoms with Crippen LogP contribution in [0.2, 0.25) is 0 Å². The van der Waals surface area contributed by atoms with E-state index in [9.17, 15) is 19.2 Å². The maximum absolute atomic E-state index is 13.0. The van der Waals surface area contributed by atoms with Crippen molar-refractivity contribution in [2.75, 3.05) is 6.61 Å². The summed E-state index contributed by atoms with van der Waals surface area (Å²) in [5, 5.41) is 0. The molecule has 1 aromatic rings. The van der Waals surface area contributed by atoms with Crippen molar-refractivity contribution in [3.63, 3.8) is 0 Å². The quantitative estimate of drug-likeness (QED) is 0.527. The summed E-state index contributed by atoms with van der Waals surface area (Å²) in [6.45, 7) is 3.22. The standard InChI is InChI=1S/C19H20O9/c1-11(20)25-15-10-24-19(28-13(3)22)16(15)26-17(23)18(19,27-12(2)21)9-14-7-5-4-6-8-14/h4-8,15-16H,9-10H2,1-3H3/t15-,16+,18-,19+/m0/s1. The molecule has 0 N–H and O–H groups in total. The minimum absolute atomic E-state index is 0.164. The largest absolute Gasteiger partial charge is 0.456 e. The minimum Gasteiger partial charge on any atom is -0.456 e. The molecule has 2 aliphatic heterocycles.